The molecule has 204 valence electrons. The maximum atomic E-state index is 8.66. The van der Waals surface area contributed by atoms with Crippen LogP contribution in [0.15, 0.2) is 0 Å². The molecule has 0 unspecified atom stereocenters. The zero-order chi connectivity index (χ0) is 26.2. The number of nitrogens with zero attached hydrogens (tertiary/aromatic N) is 2. The highest BCUT2D eigenvalue weighted by Crippen LogP contribution is 2.12. The summed E-state index contributed by atoms with van der Waals surface area (Å²) < 4.78 is 11.3. The molecule has 1 N–H and O–H groups in total. The predicted molar refractivity (Wildman–Crippen MR) is 141 cm³/mol. The highest BCUT2D eigenvalue weighted by molar-refractivity contribution is 7.42. The summed E-state index contributed by atoms with van der Waals surface area (Å²) in [5, 5.41) is 0. The smallest absolute Gasteiger partial charge is 0.0784 e. The Kier molecular flexibility index (Phi) is 27.1. The molecular weight excluding hydrogens is 435 g/mol. The molecule has 0 aromatic carbocycles. The molecule has 0 rings (SSSR count). The van der Waals surface area contributed by atoms with Crippen molar-refractivity contribution in [2.45, 2.75) is 119 Å². The van der Waals surface area contributed by atoms with E-state index in [-0.39, 0.29) is 0 Å². The first-order chi connectivity index (χ1) is 15.4. The molecule has 0 heterocycles. The van der Waals surface area contributed by atoms with Crippen molar-refractivity contribution in [2.24, 2.45) is 0 Å². The van der Waals surface area contributed by atoms with E-state index >= 15 is 0 Å². The van der Waals surface area contributed by atoms with Crippen LogP contribution in [0.3, 0.4) is 0 Å². The Hall–Kier alpha value is 0.0300. The Morgan fingerprint density at radius 3 is 0.727 bits per heavy atom. The third-order valence-corrected chi connectivity index (χ3v) is 6.31. The average molecular weight is 497 g/mol. The summed E-state index contributed by atoms with van der Waals surface area (Å²) >= 11 is 0. The molecule has 0 aromatic heterocycles. The summed E-state index contributed by atoms with van der Waals surface area (Å²) in [6.45, 7) is 22.1. The van der Waals surface area contributed by atoms with Crippen LogP contribution in [0.5, 0.6) is 0 Å². The highest BCUT2D eigenvalue weighted by atomic mass is 31.2. The van der Waals surface area contributed by atoms with Gasteiger partial charge in [0, 0.05) is 0 Å². The van der Waals surface area contributed by atoms with Gasteiger partial charge in [0.2, 0.25) is 0 Å². The van der Waals surface area contributed by atoms with E-state index in [1.165, 1.54) is 125 Å². The van der Waals surface area contributed by atoms with Crippen molar-refractivity contribution in [3.05, 3.63) is 0 Å². The van der Waals surface area contributed by atoms with Crippen LogP contribution in [-0.4, -0.2) is 67.2 Å². The van der Waals surface area contributed by atoms with Crippen LogP contribution in [0, 0.1) is 0 Å². The van der Waals surface area contributed by atoms with Crippen LogP contribution >= 0.6 is 7.82 Å². The molecule has 33 heavy (non-hydrogen) atoms. The molecule has 0 radical (unpaired) electrons. The summed E-state index contributed by atoms with van der Waals surface area (Å²) in [7, 11) is -0.248. The summed E-state index contributed by atoms with van der Waals surface area (Å²) in [6, 6.07) is 0. The van der Waals surface area contributed by atoms with Gasteiger partial charge in [-0.2, -0.15) is 0 Å². The lowest BCUT2D eigenvalue weighted by Crippen LogP contribution is -2.46. The Balaban J connectivity index is -0.000000453. The summed E-state index contributed by atoms with van der Waals surface area (Å²) in [4.78, 5) is 24.3. The molecule has 0 bridgehead atoms. The molecule has 0 aliphatic rings. The fourth-order valence-corrected chi connectivity index (χ4v) is 3.91. The average Bonchev–Trinajstić information content (AvgIpc) is 2.75. The van der Waals surface area contributed by atoms with Gasteiger partial charge < -0.3 is 28.2 Å². The van der Waals surface area contributed by atoms with E-state index < -0.39 is 7.82 Å². The van der Waals surface area contributed by atoms with E-state index in [1.54, 1.807) is 0 Å². The van der Waals surface area contributed by atoms with Gasteiger partial charge >= 0.3 is 0 Å². The van der Waals surface area contributed by atoms with E-state index in [0.717, 1.165) is 0 Å². The van der Waals surface area contributed by atoms with Crippen molar-refractivity contribution < 1.29 is 28.2 Å². The lowest BCUT2D eigenvalue weighted by molar-refractivity contribution is -0.910. The minimum Gasteiger partial charge on any atom is -0.790 e. The SMILES string of the molecule is CCCC[N+](C)(CCCC)CCCC.CCCC[N+](C)(CCCC)CCCC.O=P([O-])([O-])O. The molecule has 7 heteroatoms. The monoisotopic (exact) mass is 496 g/mol. The van der Waals surface area contributed by atoms with E-state index in [9.17, 15) is 0 Å². The Morgan fingerprint density at radius 2 is 0.636 bits per heavy atom. The Morgan fingerprint density at radius 1 is 0.515 bits per heavy atom. The third kappa shape index (κ3) is 32.0. The van der Waals surface area contributed by atoms with Crippen LogP contribution in [0.2, 0.25) is 0 Å². The molecule has 0 fully saturated rings. The van der Waals surface area contributed by atoms with Crippen LogP contribution in [0.4, 0.5) is 0 Å². The van der Waals surface area contributed by atoms with Crippen molar-refractivity contribution >= 4 is 7.82 Å². The quantitative estimate of drug-likeness (QED) is 0.201. The summed E-state index contributed by atoms with van der Waals surface area (Å²) in [5.41, 5.74) is 0. The van der Waals surface area contributed by atoms with Gasteiger partial charge in [0.05, 0.1) is 61.2 Å². The van der Waals surface area contributed by atoms with E-state index in [4.69, 9.17) is 19.2 Å². The van der Waals surface area contributed by atoms with E-state index in [1.807, 2.05) is 0 Å². The van der Waals surface area contributed by atoms with Gasteiger partial charge in [0.25, 0.3) is 0 Å². The number of phosphoric acid groups is 1. The van der Waals surface area contributed by atoms with E-state index in [2.05, 4.69) is 55.6 Å². The second-order valence-electron chi connectivity index (χ2n) is 10.2. The Labute approximate surface area is 208 Å². The van der Waals surface area contributed by atoms with Gasteiger partial charge in [0.15, 0.2) is 0 Å². The zero-order valence-corrected chi connectivity index (χ0v) is 24.6. The number of quaternary nitrogens is 2. The first-order valence-electron chi connectivity index (χ1n) is 13.8. The number of hydrogen-bond acceptors (Lipinski definition) is 3. The number of rotatable bonds is 18. The predicted octanol–water partition coefficient (Wildman–Crippen LogP) is 5.47. The second-order valence-corrected chi connectivity index (χ2v) is 11.1. The molecule has 0 atom stereocenters. The summed E-state index contributed by atoms with van der Waals surface area (Å²) in [6.07, 6.45) is 16.4. The largest absolute Gasteiger partial charge is 0.790 e. The van der Waals surface area contributed by atoms with Gasteiger partial charge in [-0.25, -0.2) is 0 Å². The lowest BCUT2D eigenvalue weighted by atomic mass is 10.2. The van der Waals surface area contributed by atoms with Crippen molar-refractivity contribution in [2.75, 3.05) is 53.4 Å². The normalized spacial score (nSPS) is 12.0. The molecule has 6 nitrogen and oxygen atoms in total. The molecule has 0 aliphatic heterocycles. The van der Waals surface area contributed by atoms with Crippen molar-refractivity contribution in [3.8, 4) is 0 Å². The molecule has 0 aliphatic carbocycles. The first kappa shape index (κ1) is 37.6. The minimum atomic E-state index is -5.14. The van der Waals surface area contributed by atoms with Gasteiger partial charge in [0.1, 0.15) is 0 Å². The van der Waals surface area contributed by atoms with Crippen LogP contribution < -0.4 is 9.79 Å². The van der Waals surface area contributed by atoms with Crippen LogP contribution in [-0.2, 0) is 4.57 Å². The third-order valence-electron chi connectivity index (χ3n) is 6.31. The molecule has 0 amide bonds. The van der Waals surface area contributed by atoms with Gasteiger partial charge in [-0.3, -0.25) is 0 Å². The van der Waals surface area contributed by atoms with Crippen molar-refractivity contribution in [1.82, 2.24) is 0 Å². The van der Waals surface area contributed by atoms with Gasteiger partial charge in [-0.1, -0.05) is 80.1 Å². The number of hydrogen-bond donors (Lipinski definition) is 1. The molecule has 0 spiro atoms. The maximum Gasteiger partial charge on any atom is 0.0784 e. The van der Waals surface area contributed by atoms with Gasteiger partial charge in [-0.15, -0.1) is 0 Å². The topological polar surface area (TPSA) is 83.4 Å². The van der Waals surface area contributed by atoms with E-state index in [0.29, 0.717) is 0 Å². The fourth-order valence-electron chi connectivity index (χ4n) is 3.91. The molecule has 0 aromatic rings. The fraction of sp³-hybridized carbons (Fsp3) is 1.00. The standard InChI is InChI=1S/2C13H30N.H3O4P/c2*1-5-8-11-14(4,12-9-6-2)13-10-7-3;1-5(2,3)4/h2*5-13H2,1-4H3;(H3,1,2,3,4)/q2*+1;/p-2. The molecule has 0 saturated carbocycles. The highest BCUT2D eigenvalue weighted by Gasteiger charge is 2.19. The first-order valence-corrected chi connectivity index (χ1v) is 15.3. The minimum absolute atomic E-state index is 1.32. The zero-order valence-electron chi connectivity index (χ0n) is 23.7. The van der Waals surface area contributed by atoms with Crippen LogP contribution in [0.25, 0.3) is 0 Å². The maximum absolute atomic E-state index is 8.66. The lowest BCUT2D eigenvalue weighted by Gasteiger charge is -2.34. The van der Waals surface area contributed by atoms with Crippen molar-refractivity contribution in [1.29, 1.82) is 0 Å². The second kappa shape index (κ2) is 23.8. The van der Waals surface area contributed by atoms with Crippen molar-refractivity contribution in [3.63, 3.8) is 0 Å². The Bertz CT molecular complexity index is 362. The number of unbranched alkanes of at least 4 members (excludes halogenated alkanes) is 6. The van der Waals surface area contributed by atoms with Crippen LogP contribution in [0.1, 0.15) is 119 Å². The molecular formula is C26H61N2O4P. The summed E-state index contributed by atoms with van der Waals surface area (Å²) in [5.74, 6) is 0. The molecule has 0 saturated heterocycles. The van der Waals surface area contributed by atoms with Gasteiger partial charge in [-0.05, 0) is 38.5 Å².